The molecular formula is C12H15NO4. The van der Waals surface area contributed by atoms with Crippen molar-refractivity contribution in [2.24, 2.45) is 0 Å². The number of amides is 1. The Morgan fingerprint density at radius 1 is 1.12 bits per heavy atom. The van der Waals surface area contributed by atoms with Crippen LogP contribution in [0.15, 0.2) is 18.2 Å². The molecule has 0 saturated heterocycles. The third-order valence-corrected chi connectivity index (χ3v) is 2.18. The molecule has 0 unspecified atom stereocenters. The first-order valence-electron chi connectivity index (χ1n) is 5.18. The van der Waals surface area contributed by atoms with Crippen LogP contribution >= 0.6 is 0 Å². The zero-order valence-corrected chi connectivity index (χ0v) is 10.1. The van der Waals surface area contributed by atoms with Crippen molar-refractivity contribution in [3.63, 3.8) is 0 Å². The summed E-state index contributed by atoms with van der Waals surface area (Å²) >= 11 is 0. The van der Waals surface area contributed by atoms with Crippen LogP contribution in [-0.2, 0) is 9.59 Å². The number of carbonyl (C=O) groups is 2. The molecule has 0 saturated carbocycles. The van der Waals surface area contributed by atoms with Crippen molar-refractivity contribution in [2.75, 3.05) is 19.5 Å². The molecule has 0 aliphatic heterocycles. The highest BCUT2D eigenvalue weighted by molar-refractivity contribution is 6.40. The topological polar surface area (TPSA) is 64.6 Å². The van der Waals surface area contributed by atoms with Crippen LogP contribution in [0.1, 0.15) is 13.3 Å². The summed E-state index contributed by atoms with van der Waals surface area (Å²) in [5.74, 6) is -0.0122. The molecule has 0 aromatic heterocycles. The fraction of sp³-hybridized carbons (Fsp3) is 0.333. The fourth-order valence-corrected chi connectivity index (χ4v) is 1.24. The molecule has 1 aromatic rings. The second kappa shape index (κ2) is 5.89. The van der Waals surface area contributed by atoms with Crippen LogP contribution in [0, 0.1) is 0 Å². The summed E-state index contributed by atoms with van der Waals surface area (Å²) in [7, 11) is 3.02. The Morgan fingerprint density at radius 3 is 2.06 bits per heavy atom. The van der Waals surface area contributed by atoms with E-state index in [-0.39, 0.29) is 6.42 Å². The number of methoxy groups -OCH3 is 2. The molecule has 0 aliphatic rings. The minimum Gasteiger partial charge on any atom is -0.497 e. The number of nitrogens with one attached hydrogen (secondary N) is 1. The van der Waals surface area contributed by atoms with Gasteiger partial charge in [0.25, 0.3) is 5.91 Å². The number of Topliss-reactive ketones (excluding diaryl/α,β-unsaturated/α-hetero) is 1. The van der Waals surface area contributed by atoms with Crippen LogP contribution in [0.25, 0.3) is 0 Å². The van der Waals surface area contributed by atoms with Gasteiger partial charge in [-0.1, -0.05) is 6.92 Å². The van der Waals surface area contributed by atoms with Crippen molar-refractivity contribution < 1.29 is 19.1 Å². The zero-order valence-electron chi connectivity index (χ0n) is 10.1. The number of anilines is 1. The van der Waals surface area contributed by atoms with Gasteiger partial charge in [0.2, 0.25) is 5.78 Å². The first-order valence-corrected chi connectivity index (χ1v) is 5.18. The van der Waals surface area contributed by atoms with E-state index < -0.39 is 11.7 Å². The third-order valence-electron chi connectivity index (χ3n) is 2.18. The van der Waals surface area contributed by atoms with E-state index in [0.29, 0.717) is 17.2 Å². The highest BCUT2D eigenvalue weighted by atomic mass is 16.5. The number of ether oxygens (including phenoxy) is 2. The highest BCUT2D eigenvalue weighted by Crippen LogP contribution is 2.25. The second-order valence-electron chi connectivity index (χ2n) is 3.33. The standard InChI is InChI=1S/C12H15NO4/c1-4-11(14)12(15)13-8-5-9(16-2)7-10(6-8)17-3/h5-7H,4H2,1-3H3,(H,13,15). The number of benzene rings is 1. The molecule has 0 spiro atoms. The van der Waals surface area contributed by atoms with Crippen LogP contribution in [0.5, 0.6) is 11.5 Å². The predicted molar refractivity (Wildman–Crippen MR) is 63.5 cm³/mol. The molecule has 92 valence electrons. The number of hydrogen-bond acceptors (Lipinski definition) is 4. The molecule has 0 bridgehead atoms. The van der Waals surface area contributed by atoms with Crippen molar-refractivity contribution in [2.45, 2.75) is 13.3 Å². The maximum Gasteiger partial charge on any atom is 0.291 e. The van der Waals surface area contributed by atoms with Gasteiger partial charge in [-0.2, -0.15) is 0 Å². The average molecular weight is 237 g/mol. The molecule has 1 aromatic carbocycles. The van der Waals surface area contributed by atoms with E-state index in [1.165, 1.54) is 14.2 Å². The quantitative estimate of drug-likeness (QED) is 0.790. The van der Waals surface area contributed by atoms with Gasteiger partial charge in [-0.15, -0.1) is 0 Å². The van der Waals surface area contributed by atoms with Gasteiger partial charge in [0.1, 0.15) is 11.5 Å². The van der Waals surface area contributed by atoms with Crippen LogP contribution < -0.4 is 14.8 Å². The predicted octanol–water partition coefficient (Wildman–Crippen LogP) is 1.62. The smallest absolute Gasteiger partial charge is 0.291 e. The monoisotopic (exact) mass is 237 g/mol. The van der Waals surface area contributed by atoms with Crippen molar-refractivity contribution in [1.82, 2.24) is 0 Å². The Labute approximate surface area is 99.7 Å². The van der Waals surface area contributed by atoms with Gasteiger partial charge in [0.05, 0.1) is 14.2 Å². The van der Waals surface area contributed by atoms with Crippen molar-refractivity contribution >= 4 is 17.4 Å². The molecule has 0 radical (unpaired) electrons. The van der Waals surface area contributed by atoms with Gasteiger partial charge < -0.3 is 14.8 Å². The number of rotatable bonds is 5. The van der Waals surface area contributed by atoms with Crippen molar-refractivity contribution in [3.05, 3.63) is 18.2 Å². The first-order chi connectivity index (χ1) is 8.10. The van der Waals surface area contributed by atoms with Crippen LogP contribution in [0.3, 0.4) is 0 Å². The van der Waals surface area contributed by atoms with Crippen molar-refractivity contribution in [3.8, 4) is 11.5 Å². The SMILES string of the molecule is CCC(=O)C(=O)Nc1cc(OC)cc(OC)c1. The largest absolute Gasteiger partial charge is 0.497 e. The molecule has 5 nitrogen and oxygen atoms in total. The molecule has 1 amide bonds. The lowest BCUT2D eigenvalue weighted by atomic mass is 10.2. The molecular weight excluding hydrogens is 222 g/mol. The molecule has 0 fully saturated rings. The van der Waals surface area contributed by atoms with Gasteiger partial charge in [-0.05, 0) is 0 Å². The fourth-order valence-electron chi connectivity index (χ4n) is 1.24. The first kappa shape index (κ1) is 13.0. The van der Waals surface area contributed by atoms with Gasteiger partial charge >= 0.3 is 0 Å². The Balaban J connectivity index is 2.90. The molecule has 0 aliphatic carbocycles. The molecule has 1 rings (SSSR count). The summed E-state index contributed by atoms with van der Waals surface area (Å²) in [6.07, 6.45) is 0.174. The summed E-state index contributed by atoms with van der Waals surface area (Å²) in [6, 6.07) is 4.91. The number of carbonyl (C=O) groups excluding carboxylic acids is 2. The summed E-state index contributed by atoms with van der Waals surface area (Å²) in [4.78, 5) is 22.6. The van der Waals surface area contributed by atoms with E-state index in [1.54, 1.807) is 25.1 Å². The summed E-state index contributed by atoms with van der Waals surface area (Å²) in [6.45, 7) is 1.63. The summed E-state index contributed by atoms with van der Waals surface area (Å²) in [5, 5.41) is 2.49. The highest BCUT2D eigenvalue weighted by Gasteiger charge is 2.12. The molecule has 5 heteroatoms. The summed E-state index contributed by atoms with van der Waals surface area (Å²) < 4.78 is 10.1. The van der Waals surface area contributed by atoms with Crippen LogP contribution in [0.2, 0.25) is 0 Å². The maximum absolute atomic E-state index is 11.4. The normalized spacial score (nSPS) is 9.59. The van der Waals surface area contributed by atoms with Gasteiger partial charge in [0, 0.05) is 30.3 Å². The second-order valence-corrected chi connectivity index (χ2v) is 3.33. The molecule has 0 atom stereocenters. The van der Waals surface area contributed by atoms with Gasteiger partial charge in [0.15, 0.2) is 0 Å². The lowest BCUT2D eigenvalue weighted by Gasteiger charge is -2.09. The minimum absolute atomic E-state index is 0.174. The minimum atomic E-state index is -0.636. The van der Waals surface area contributed by atoms with E-state index in [4.69, 9.17) is 9.47 Å². The van der Waals surface area contributed by atoms with E-state index >= 15 is 0 Å². The third kappa shape index (κ3) is 3.48. The number of hydrogen-bond donors (Lipinski definition) is 1. The maximum atomic E-state index is 11.4. The number of ketones is 1. The van der Waals surface area contributed by atoms with Gasteiger partial charge in [-0.25, -0.2) is 0 Å². The Hall–Kier alpha value is -2.04. The van der Waals surface area contributed by atoms with Crippen LogP contribution in [-0.4, -0.2) is 25.9 Å². The van der Waals surface area contributed by atoms with E-state index in [0.717, 1.165) is 0 Å². The van der Waals surface area contributed by atoms with E-state index in [9.17, 15) is 9.59 Å². The Bertz CT molecular complexity index is 406. The Morgan fingerprint density at radius 2 is 1.65 bits per heavy atom. The molecule has 0 heterocycles. The summed E-state index contributed by atoms with van der Waals surface area (Å²) in [5.41, 5.74) is 0.466. The molecule has 17 heavy (non-hydrogen) atoms. The van der Waals surface area contributed by atoms with E-state index in [2.05, 4.69) is 5.32 Å². The van der Waals surface area contributed by atoms with Gasteiger partial charge in [-0.3, -0.25) is 9.59 Å². The zero-order chi connectivity index (χ0) is 12.8. The van der Waals surface area contributed by atoms with Crippen molar-refractivity contribution in [1.29, 1.82) is 0 Å². The lowest BCUT2D eigenvalue weighted by Crippen LogP contribution is -2.21. The van der Waals surface area contributed by atoms with E-state index in [1.807, 2.05) is 0 Å². The lowest BCUT2D eigenvalue weighted by molar-refractivity contribution is -0.134. The average Bonchev–Trinajstić information content (AvgIpc) is 2.36. The van der Waals surface area contributed by atoms with Crippen LogP contribution in [0.4, 0.5) is 5.69 Å². The molecule has 1 N–H and O–H groups in total. The Kier molecular flexibility index (Phi) is 4.51.